The van der Waals surface area contributed by atoms with Gasteiger partial charge in [0.1, 0.15) is 11.5 Å². The topological polar surface area (TPSA) is 26.3 Å². The highest BCUT2D eigenvalue weighted by Gasteiger charge is 2.73. The Balaban J connectivity index is 1.88. The molecule has 0 aromatic heterocycles. The first-order valence-electron chi connectivity index (χ1n) is 8.74. The Morgan fingerprint density at radius 1 is 1.17 bits per heavy atom. The first-order valence-corrected chi connectivity index (χ1v) is 8.74. The minimum atomic E-state index is -0.0165. The number of methoxy groups -OCH3 is 1. The lowest BCUT2D eigenvalue weighted by molar-refractivity contribution is -0.123. The molecule has 4 rings (SSSR count). The third-order valence-electron chi connectivity index (χ3n) is 7.26. The number of hydrogen-bond donors (Lipinski definition) is 0. The number of Topliss-reactive ketones (excluding diaryl/α,β-unsaturated/α-hetero) is 1. The Kier molecular flexibility index (Phi) is 2.93. The number of benzene rings is 1. The second-order valence-electron chi connectivity index (χ2n) is 8.47. The average Bonchev–Trinajstić information content (AvgIpc) is 2.58. The molecule has 3 aliphatic rings. The van der Waals surface area contributed by atoms with E-state index in [2.05, 4.69) is 45.1 Å². The molecule has 2 nitrogen and oxygen atoms in total. The molecule has 2 saturated carbocycles. The molecule has 0 saturated heterocycles. The van der Waals surface area contributed by atoms with E-state index in [1.165, 1.54) is 12.8 Å². The molecule has 122 valence electrons. The minimum Gasteiger partial charge on any atom is -0.497 e. The van der Waals surface area contributed by atoms with Gasteiger partial charge in [0.2, 0.25) is 0 Å². The molecule has 23 heavy (non-hydrogen) atoms. The number of ether oxygens (including phenoxy) is 1. The summed E-state index contributed by atoms with van der Waals surface area (Å²) in [5.41, 5.74) is 1.36. The summed E-state index contributed by atoms with van der Waals surface area (Å²) in [5.74, 6) is 1.34. The lowest BCUT2D eigenvalue weighted by atomic mass is 9.41. The van der Waals surface area contributed by atoms with Crippen molar-refractivity contribution in [1.29, 1.82) is 0 Å². The number of rotatable bonds is 2. The van der Waals surface area contributed by atoms with E-state index in [1.807, 2.05) is 12.1 Å². The van der Waals surface area contributed by atoms with Crippen LogP contribution in [0.15, 0.2) is 36.4 Å². The van der Waals surface area contributed by atoms with Gasteiger partial charge in [0.15, 0.2) is 0 Å². The van der Waals surface area contributed by atoms with Crippen LogP contribution in [-0.2, 0) is 4.79 Å². The van der Waals surface area contributed by atoms with Crippen LogP contribution in [0, 0.1) is 22.2 Å². The predicted molar refractivity (Wildman–Crippen MR) is 91.5 cm³/mol. The molecule has 2 heteroatoms. The summed E-state index contributed by atoms with van der Waals surface area (Å²) in [6.45, 7) is 7.09. The van der Waals surface area contributed by atoms with E-state index >= 15 is 0 Å². The van der Waals surface area contributed by atoms with Crippen LogP contribution in [0.1, 0.15) is 51.5 Å². The van der Waals surface area contributed by atoms with E-state index in [0.29, 0.717) is 5.78 Å². The number of hydrogen-bond acceptors (Lipinski definition) is 2. The highest BCUT2D eigenvalue weighted by molar-refractivity contribution is 5.96. The van der Waals surface area contributed by atoms with Crippen molar-refractivity contribution in [2.45, 2.75) is 46.0 Å². The van der Waals surface area contributed by atoms with Gasteiger partial charge in [-0.25, -0.2) is 0 Å². The molecule has 0 unspecified atom stereocenters. The number of allylic oxidation sites excluding steroid dienone is 2. The van der Waals surface area contributed by atoms with E-state index < -0.39 is 0 Å². The van der Waals surface area contributed by atoms with E-state index in [4.69, 9.17) is 4.74 Å². The van der Waals surface area contributed by atoms with Crippen LogP contribution in [0.4, 0.5) is 0 Å². The Hall–Kier alpha value is -1.57. The molecule has 0 aliphatic heterocycles. The van der Waals surface area contributed by atoms with Crippen molar-refractivity contribution in [3.8, 4) is 5.75 Å². The number of carbonyl (C=O) groups excluding carboxylic acids is 1. The van der Waals surface area contributed by atoms with Crippen molar-refractivity contribution in [2.24, 2.45) is 22.2 Å². The summed E-state index contributed by atoms with van der Waals surface area (Å²) in [6.07, 6.45) is 8.08. The summed E-state index contributed by atoms with van der Waals surface area (Å²) >= 11 is 0. The fourth-order valence-corrected chi connectivity index (χ4v) is 6.21. The third-order valence-corrected chi connectivity index (χ3v) is 7.26. The van der Waals surface area contributed by atoms with Crippen LogP contribution in [0.5, 0.6) is 5.75 Å². The van der Waals surface area contributed by atoms with Crippen molar-refractivity contribution in [2.75, 3.05) is 7.11 Å². The Labute approximate surface area is 138 Å². The maximum absolute atomic E-state index is 13.3. The second-order valence-corrected chi connectivity index (χ2v) is 8.47. The molecular formula is C21H26O2. The van der Waals surface area contributed by atoms with Gasteiger partial charge in [0, 0.05) is 17.3 Å². The molecule has 0 N–H and O–H groups in total. The number of ketones is 1. The molecule has 1 aromatic rings. The van der Waals surface area contributed by atoms with Crippen LogP contribution in [0.2, 0.25) is 0 Å². The maximum Gasteiger partial charge on any atom is 0.148 e. The normalized spacial score (nSPS) is 40.3. The second kappa shape index (κ2) is 4.49. The van der Waals surface area contributed by atoms with E-state index in [1.54, 1.807) is 7.11 Å². The van der Waals surface area contributed by atoms with Crippen LogP contribution in [-0.4, -0.2) is 12.9 Å². The van der Waals surface area contributed by atoms with Gasteiger partial charge in [0.25, 0.3) is 0 Å². The fourth-order valence-electron chi connectivity index (χ4n) is 6.21. The average molecular weight is 310 g/mol. The highest BCUT2D eigenvalue weighted by atomic mass is 16.5. The SMILES string of the molecule is COc1cccc([C@@H]2C(=O)[C@H]3C=C[C@]34C(C)(C)CCC[C@]24C)c1. The molecule has 1 aromatic carbocycles. The van der Waals surface area contributed by atoms with Crippen molar-refractivity contribution >= 4 is 5.78 Å². The van der Waals surface area contributed by atoms with Gasteiger partial charge < -0.3 is 4.74 Å². The lowest BCUT2D eigenvalue weighted by Crippen LogP contribution is -2.56. The predicted octanol–water partition coefficient (Wildman–Crippen LogP) is 4.75. The van der Waals surface area contributed by atoms with E-state index in [-0.39, 0.29) is 28.1 Å². The van der Waals surface area contributed by atoms with Crippen LogP contribution >= 0.6 is 0 Å². The van der Waals surface area contributed by atoms with E-state index in [0.717, 1.165) is 17.7 Å². The Morgan fingerprint density at radius 3 is 2.61 bits per heavy atom. The third kappa shape index (κ3) is 1.57. The molecule has 0 heterocycles. The van der Waals surface area contributed by atoms with Crippen LogP contribution in [0.25, 0.3) is 0 Å². The molecular weight excluding hydrogens is 284 g/mol. The highest BCUT2D eigenvalue weighted by Crippen LogP contribution is 2.76. The zero-order valence-corrected chi connectivity index (χ0v) is 14.6. The number of carbonyl (C=O) groups is 1. The van der Waals surface area contributed by atoms with Crippen LogP contribution < -0.4 is 4.74 Å². The monoisotopic (exact) mass is 310 g/mol. The smallest absolute Gasteiger partial charge is 0.148 e. The van der Waals surface area contributed by atoms with Crippen LogP contribution in [0.3, 0.4) is 0 Å². The van der Waals surface area contributed by atoms with E-state index in [9.17, 15) is 4.79 Å². The van der Waals surface area contributed by atoms with Crippen molar-refractivity contribution < 1.29 is 9.53 Å². The van der Waals surface area contributed by atoms with Gasteiger partial charge >= 0.3 is 0 Å². The maximum atomic E-state index is 13.3. The fraction of sp³-hybridized carbons (Fsp3) is 0.571. The Morgan fingerprint density at radius 2 is 1.96 bits per heavy atom. The zero-order valence-electron chi connectivity index (χ0n) is 14.6. The lowest BCUT2D eigenvalue weighted by Gasteiger charge is -2.62. The zero-order chi connectivity index (χ0) is 16.5. The van der Waals surface area contributed by atoms with Crippen molar-refractivity contribution in [3.05, 3.63) is 42.0 Å². The first kappa shape index (κ1) is 15.0. The summed E-state index contributed by atoms with van der Waals surface area (Å²) in [6, 6.07) is 8.14. The van der Waals surface area contributed by atoms with Gasteiger partial charge in [0.05, 0.1) is 7.11 Å². The molecule has 0 bridgehead atoms. The van der Waals surface area contributed by atoms with Gasteiger partial charge in [-0.3, -0.25) is 4.79 Å². The minimum absolute atomic E-state index is 0.0115. The quantitative estimate of drug-likeness (QED) is 0.737. The first-order chi connectivity index (χ1) is 10.9. The molecule has 2 fully saturated rings. The summed E-state index contributed by atoms with van der Waals surface area (Å²) in [4.78, 5) is 13.3. The standard InChI is InChI=1S/C21H26O2/c1-19(2)10-6-11-20(3)17(14-7-5-8-15(13-14)23-4)18(22)16-9-12-21(16,19)20/h5,7-9,12-13,16-17H,6,10-11H2,1-4H3/t16-,17-,20-,21-/m1/s1. The van der Waals surface area contributed by atoms with Crippen molar-refractivity contribution in [1.82, 2.24) is 0 Å². The Bertz CT molecular complexity index is 702. The molecule has 4 atom stereocenters. The summed E-state index contributed by atoms with van der Waals surface area (Å²) in [7, 11) is 1.69. The van der Waals surface area contributed by atoms with Crippen molar-refractivity contribution in [3.63, 3.8) is 0 Å². The van der Waals surface area contributed by atoms with Gasteiger partial charge in [-0.2, -0.15) is 0 Å². The molecule has 0 radical (unpaired) electrons. The summed E-state index contributed by atoms with van der Waals surface area (Å²) in [5, 5.41) is 0. The molecule has 3 aliphatic carbocycles. The molecule has 1 spiro atoms. The summed E-state index contributed by atoms with van der Waals surface area (Å²) < 4.78 is 5.40. The largest absolute Gasteiger partial charge is 0.497 e. The molecule has 0 amide bonds. The van der Waals surface area contributed by atoms with Gasteiger partial charge in [-0.15, -0.1) is 0 Å². The van der Waals surface area contributed by atoms with Gasteiger partial charge in [-0.05, 0) is 41.4 Å². The van der Waals surface area contributed by atoms with Gasteiger partial charge in [-0.1, -0.05) is 51.5 Å².